The number of nitrogens with one attached hydrogen (secondary N) is 2. The van der Waals surface area contributed by atoms with Gasteiger partial charge in [-0.05, 0) is 0 Å². The molecular formula is C4H12F4N2Si-2. The van der Waals surface area contributed by atoms with Gasteiger partial charge in [0.1, 0.15) is 0 Å². The molecule has 0 aliphatic carbocycles. The molecule has 0 fully saturated rings. The molecule has 0 aliphatic heterocycles. The molecule has 0 aromatic carbocycles. The molecule has 0 radical (unpaired) electrons. The molecule has 72 valence electrons. The first kappa shape index (κ1) is 10.9. The van der Waals surface area contributed by atoms with Crippen LogP contribution in [0.5, 0.6) is 0 Å². The van der Waals surface area contributed by atoms with Crippen molar-refractivity contribution < 1.29 is 16.4 Å². The SMILES string of the molecule is CCN[Si-2](F)(F)(F)(F)NCC. The summed E-state index contributed by atoms with van der Waals surface area (Å²) in [7, 11) is -8.52. The molecule has 2 N–H and O–H groups in total. The Morgan fingerprint density at radius 1 is 0.909 bits per heavy atom. The van der Waals surface area contributed by atoms with E-state index >= 15 is 0 Å². The third-order valence-electron chi connectivity index (χ3n) is 1.06. The van der Waals surface area contributed by atoms with Gasteiger partial charge in [0.25, 0.3) is 0 Å². The molecule has 0 atom stereocenters. The number of hydrogen-bond acceptors (Lipinski definition) is 2. The van der Waals surface area contributed by atoms with Crippen LogP contribution in [0.2, 0.25) is 0 Å². The fourth-order valence-electron chi connectivity index (χ4n) is 0.774. The second kappa shape index (κ2) is 2.17. The van der Waals surface area contributed by atoms with E-state index in [0.717, 1.165) is 9.96 Å². The van der Waals surface area contributed by atoms with Gasteiger partial charge in [-0.2, -0.15) is 0 Å². The van der Waals surface area contributed by atoms with Crippen molar-refractivity contribution in [2.24, 2.45) is 0 Å². The summed E-state index contributed by atoms with van der Waals surface area (Å²) in [6.07, 6.45) is 0. The Balaban J connectivity index is 4.54. The van der Waals surface area contributed by atoms with Gasteiger partial charge in [-0.1, -0.05) is 0 Å². The van der Waals surface area contributed by atoms with Gasteiger partial charge in [0.2, 0.25) is 0 Å². The summed E-state index contributed by atoms with van der Waals surface area (Å²) in [4.78, 5) is 1.91. The molecule has 0 saturated heterocycles. The molecule has 2 nitrogen and oxygen atoms in total. The second-order valence-corrected chi connectivity index (χ2v) is 5.70. The van der Waals surface area contributed by atoms with Gasteiger partial charge in [0.05, 0.1) is 0 Å². The van der Waals surface area contributed by atoms with E-state index in [4.69, 9.17) is 0 Å². The van der Waals surface area contributed by atoms with E-state index in [1.807, 2.05) is 0 Å². The van der Waals surface area contributed by atoms with Crippen molar-refractivity contribution in [1.29, 1.82) is 0 Å². The topological polar surface area (TPSA) is 24.1 Å². The summed E-state index contributed by atoms with van der Waals surface area (Å²) in [5, 5.41) is 0. The van der Waals surface area contributed by atoms with Gasteiger partial charge in [-0.3, -0.25) is 0 Å². The zero-order valence-corrected chi connectivity index (χ0v) is 7.43. The van der Waals surface area contributed by atoms with Gasteiger partial charge in [-0.25, -0.2) is 0 Å². The molecule has 7 heteroatoms. The zero-order valence-electron chi connectivity index (χ0n) is 6.43. The molecule has 0 aliphatic rings. The zero-order chi connectivity index (χ0) is 9.24. The minimum atomic E-state index is -8.52. The quantitative estimate of drug-likeness (QED) is 0.400. The molecule has 0 spiro atoms. The standard InChI is InChI=1S/C4H12F4N2Si/c1-3-9-11(5,6,7,8)10-4-2/h9-10H,3-4H2,1-2H3/q-2. The molecule has 0 aromatic heterocycles. The average Bonchev–Trinajstić information content (AvgIpc) is 1.59. The average molecular weight is 192 g/mol. The van der Waals surface area contributed by atoms with Crippen molar-refractivity contribution in [3.05, 3.63) is 0 Å². The Bertz CT molecular complexity index is 138. The summed E-state index contributed by atoms with van der Waals surface area (Å²) in [6.45, 7) is 1.48. The monoisotopic (exact) mass is 192 g/mol. The van der Waals surface area contributed by atoms with E-state index in [2.05, 4.69) is 0 Å². The Kier molecular flexibility index (Phi) is 2.15. The van der Waals surface area contributed by atoms with Crippen LogP contribution in [0.15, 0.2) is 0 Å². The van der Waals surface area contributed by atoms with Crippen LogP contribution in [0.1, 0.15) is 13.8 Å². The first-order chi connectivity index (χ1) is 4.62. The molecule has 0 amide bonds. The van der Waals surface area contributed by atoms with Crippen LogP contribution < -0.4 is 9.96 Å². The van der Waals surface area contributed by atoms with Gasteiger partial charge in [-0.15, -0.1) is 0 Å². The number of hydrogen-bond donors (Lipinski definition) is 2. The normalized spacial score (nSPS) is 19.1. The van der Waals surface area contributed by atoms with Crippen LogP contribution >= 0.6 is 0 Å². The van der Waals surface area contributed by atoms with Gasteiger partial charge in [0.15, 0.2) is 0 Å². The predicted octanol–water partition coefficient (Wildman–Crippen LogP) is 1.42. The Morgan fingerprint density at radius 2 is 1.18 bits per heavy atom. The van der Waals surface area contributed by atoms with Crippen LogP contribution in [0.3, 0.4) is 0 Å². The van der Waals surface area contributed by atoms with Crippen LogP contribution in [-0.2, 0) is 0 Å². The molecule has 0 aromatic rings. The molecule has 0 unspecified atom stereocenters. The minimum absolute atomic E-state index is 0.461. The number of halogens is 4. The van der Waals surface area contributed by atoms with Crippen LogP contribution in [0.4, 0.5) is 16.4 Å². The van der Waals surface area contributed by atoms with E-state index in [1.165, 1.54) is 13.8 Å². The van der Waals surface area contributed by atoms with Gasteiger partial charge in [0, 0.05) is 0 Å². The van der Waals surface area contributed by atoms with E-state index in [-0.39, 0.29) is 0 Å². The van der Waals surface area contributed by atoms with Crippen molar-refractivity contribution in [3.8, 4) is 0 Å². The summed E-state index contributed by atoms with van der Waals surface area (Å²) < 4.78 is 49.6. The first-order valence-electron chi connectivity index (χ1n) is 3.38. The van der Waals surface area contributed by atoms with Crippen LogP contribution in [0, 0.1) is 0 Å². The third kappa shape index (κ3) is 4.33. The fourth-order valence-corrected chi connectivity index (χ4v) is 2.32. The summed E-state index contributed by atoms with van der Waals surface area (Å²) in [6, 6.07) is 0. The molecule has 0 heterocycles. The van der Waals surface area contributed by atoms with E-state index in [1.54, 1.807) is 0 Å². The second-order valence-electron chi connectivity index (χ2n) is 2.37. The van der Waals surface area contributed by atoms with Crippen LogP contribution in [-0.4, -0.2) is 21.4 Å². The summed E-state index contributed by atoms with van der Waals surface area (Å²) >= 11 is 0. The predicted molar refractivity (Wildman–Crippen MR) is 37.5 cm³/mol. The van der Waals surface area contributed by atoms with Gasteiger partial charge >= 0.3 is 61.6 Å². The van der Waals surface area contributed by atoms with E-state index < -0.39 is 21.4 Å². The molecule has 11 heavy (non-hydrogen) atoms. The Morgan fingerprint density at radius 3 is 1.36 bits per heavy atom. The van der Waals surface area contributed by atoms with Crippen molar-refractivity contribution >= 4 is 8.29 Å². The Labute approximate surface area is 62.6 Å². The summed E-state index contributed by atoms with van der Waals surface area (Å²) in [5.41, 5.74) is 0. The van der Waals surface area contributed by atoms with Crippen molar-refractivity contribution in [2.45, 2.75) is 13.8 Å². The molecule has 0 rings (SSSR count). The molecule has 0 saturated carbocycles. The number of rotatable bonds is 4. The Hall–Kier alpha value is -0.143. The van der Waals surface area contributed by atoms with E-state index in [0.29, 0.717) is 0 Å². The van der Waals surface area contributed by atoms with E-state index in [9.17, 15) is 16.4 Å². The fraction of sp³-hybridized carbons (Fsp3) is 1.00. The van der Waals surface area contributed by atoms with Gasteiger partial charge < -0.3 is 0 Å². The van der Waals surface area contributed by atoms with Crippen molar-refractivity contribution in [3.63, 3.8) is 0 Å². The summed E-state index contributed by atoms with van der Waals surface area (Å²) in [5.74, 6) is 0. The molecule has 0 bridgehead atoms. The molecular weight excluding hydrogens is 180 g/mol. The van der Waals surface area contributed by atoms with Crippen LogP contribution in [0.25, 0.3) is 0 Å². The maximum absolute atomic E-state index is 12.4. The maximum atomic E-state index is 12.4. The van der Waals surface area contributed by atoms with Crippen molar-refractivity contribution in [2.75, 3.05) is 13.1 Å². The third-order valence-corrected chi connectivity index (χ3v) is 3.19. The first-order valence-corrected chi connectivity index (χ1v) is 5.89. The van der Waals surface area contributed by atoms with Crippen molar-refractivity contribution in [1.82, 2.24) is 9.96 Å².